The standard InChI is InChI=1S/C10H5NO2/c12-10(13)8-6-3-1-2-5-4-11-9(8)7(5)6/h1-4H,(H,12,13). The Balaban J connectivity index is 2.34. The Bertz CT molecular complexity index is 498. The van der Waals surface area contributed by atoms with Crippen molar-refractivity contribution in [2.75, 3.05) is 0 Å². The summed E-state index contributed by atoms with van der Waals surface area (Å²) in [5.41, 5.74) is 3.83. The fourth-order valence-corrected chi connectivity index (χ4v) is 1.82. The molecule has 62 valence electrons. The maximum atomic E-state index is 10.8. The first-order chi connectivity index (χ1) is 6.29. The Morgan fingerprint density at radius 3 is 3.00 bits per heavy atom. The van der Waals surface area contributed by atoms with Crippen LogP contribution in [0.15, 0.2) is 23.2 Å². The highest BCUT2D eigenvalue weighted by atomic mass is 16.4. The van der Waals surface area contributed by atoms with Gasteiger partial charge in [0.15, 0.2) is 0 Å². The van der Waals surface area contributed by atoms with Crippen LogP contribution < -0.4 is 0 Å². The number of aliphatic carboxylic acids is 1. The summed E-state index contributed by atoms with van der Waals surface area (Å²) in [6.45, 7) is 0. The van der Waals surface area contributed by atoms with E-state index < -0.39 is 5.97 Å². The number of carbonyl (C=O) groups is 1. The number of rotatable bonds is 1. The number of carboxylic acid groups (broad SMARTS) is 1. The molecule has 1 aromatic rings. The number of benzene rings is 1. The Morgan fingerprint density at radius 2 is 2.23 bits per heavy atom. The van der Waals surface area contributed by atoms with Crippen molar-refractivity contribution < 1.29 is 9.90 Å². The van der Waals surface area contributed by atoms with Crippen LogP contribution in [-0.2, 0) is 4.79 Å². The van der Waals surface area contributed by atoms with E-state index in [2.05, 4.69) is 4.99 Å². The lowest BCUT2D eigenvalue weighted by Gasteiger charge is -2.19. The summed E-state index contributed by atoms with van der Waals surface area (Å²) in [4.78, 5) is 14.9. The highest BCUT2D eigenvalue weighted by Crippen LogP contribution is 2.45. The average molecular weight is 171 g/mol. The van der Waals surface area contributed by atoms with E-state index in [0.717, 1.165) is 16.7 Å². The summed E-state index contributed by atoms with van der Waals surface area (Å²) in [7, 11) is 0. The van der Waals surface area contributed by atoms with Crippen molar-refractivity contribution in [3.05, 3.63) is 34.9 Å². The van der Waals surface area contributed by atoms with Crippen molar-refractivity contribution >= 4 is 23.5 Å². The van der Waals surface area contributed by atoms with Crippen molar-refractivity contribution in [2.45, 2.75) is 0 Å². The second kappa shape index (κ2) is 1.88. The van der Waals surface area contributed by atoms with Gasteiger partial charge < -0.3 is 5.11 Å². The van der Waals surface area contributed by atoms with Crippen molar-refractivity contribution in [3.63, 3.8) is 0 Å². The van der Waals surface area contributed by atoms with Crippen LogP contribution in [0, 0.1) is 0 Å². The topological polar surface area (TPSA) is 49.7 Å². The number of nitrogens with zero attached hydrogens (tertiary/aromatic N) is 1. The van der Waals surface area contributed by atoms with E-state index in [-0.39, 0.29) is 0 Å². The van der Waals surface area contributed by atoms with Crippen LogP contribution in [-0.4, -0.2) is 17.3 Å². The summed E-state index contributed by atoms with van der Waals surface area (Å²) < 4.78 is 0. The highest BCUT2D eigenvalue weighted by Gasteiger charge is 2.34. The van der Waals surface area contributed by atoms with Gasteiger partial charge >= 0.3 is 5.97 Å². The third-order valence-corrected chi connectivity index (χ3v) is 2.39. The summed E-state index contributed by atoms with van der Waals surface area (Å²) >= 11 is 0. The highest BCUT2D eigenvalue weighted by molar-refractivity contribution is 6.33. The molecule has 3 nitrogen and oxygen atoms in total. The quantitative estimate of drug-likeness (QED) is 0.694. The molecule has 0 bridgehead atoms. The van der Waals surface area contributed by atoms with Gasteiger partial charge in [-0.25, -0.2) is 4.79 Å². The number of hydrogen-bond acceptors (Lipinski definition) is 2. The molecular weight excluding hydrogens is 166 g/mol. The van der Waals surface area contributed by atoms with Crippen molar-refractivity contribution in [2.24, 2.45) is 4.99 Å². The minimum Gasteiger partial charge on any atom is -0.478 e. The molecule has 0 fully saturated rings. The number of carboxylic acids is 1. The smallest absolute Gasteiger partial charge is 0.338 e. The largest absolute Gasteiger partial charge is 0.478 e. The van der Waals surface area contributed by atoms with Crippen molar-refractivity contribution in [3.8, 4) is 0 Å². The molecule has 1 aliphatic heterocycles. The van der Waals surface area contributed by atoms with Crippen LogP contribution in [0.4, 0.5) is 0 Å². The molecule has 0 saturated heterocycles. The molecule has 0 saturated carbocycles. The Labute approximate surface area is 74.0 Å². The van der Waals surface area contributed by atoms with E-state index in [4.69, 9.17) is 5.11 Å². The molecule has 0 radical (unpaired) electrons. The van der Waals surface area contributed by atoms with Gasteiger partial charge in [-0.2, -0.15) is 0 Å². The van der Waals surface area contributed by atoms with E-state index in [1.54, 1.807) is 6.21 Å². The zero-order valence-electron chi connectivity index (χ0n) is 6.61. The van der Waals surface area contributed by atoms with Crippen LogP contribution in [0.3, 0.4) is 0 Å². The van der Waals surface area contributed by atoms with Crippen LogP contribution in [0.25, 0.3) is 11.3 Å². The van der Waals surface area contributed by atoms with E-state index in [1.807, 2.05) is 18.2 Å². The maximum Gasteiger partial charge on any atom is 0.338 e. The minimum atomic E-state index is -0.890. The molecule has 0 unspecified atom stereocenters. The number of hydrogen-bond donors (Lipinski definition) is 1. The molecular formula is C10H5NO2. The molecule has 0 aromatic heterocycles. The zero-order valence-corrected chi connectivity index (χ0v) is 6.61. The van der Waals surface area contributed by atoms with Crippen molar-refractivity contribution in [1.82, 2.24) is 0 Å². The van der Waals surface area contributed by atoms with Gasteiger partial charge in [0.1, 0.15) is 0 Å². The van der Waals surface area contributed by atoms with Crippen molar-refractivity contribution in [1.29, 1.82) is 0 Å². The molecule has 1 N–H and O–H groups in total. The van der Waals surface area contributed by atoms with Gasteiger partial charge in [-0.05, 0) is 0 Å². The first-order valence-corrected chi connectivity index (χ1v) is 3.94. The first-order valence-electron chi connectivity index (χ1n) is 3.94. The van der Waals surface area contributed by atoms with Gasteiger partial charge in [0.05, 0.1) is 11.3 Å². The van der Waals surface area contributed by atoms with E-state index >= 15 is 0 Å². The lowest BCUT2D eigenvalue weighted by Crippen LogP contribution is -2.12. The van der Waals surface area contributed by atoms with E-state index in [0.29, 0.717) is 11.3 Å². The lowest BCUT2D eigenvalue weighted by atomic mass is 9.84. The van der Waals surface area contributed by atoms with Crippen LogP contribution in [0.2, 0.25) is 0 Å². The molecule has 0 amide bonds. The van der Waals surface area contributed by atoms with Gasteiger partial charge in [-0.3, -0.25) is 4.99 Å². The fraction of sp³-hybridized carbons (Fsp3) is 0. The zero-order chi connectivity index (χ0) is 9.00. The summed E-state index contributed by atoms with van der Waals surface area (Å²) in [5, 5.41) is 8.87. The van der Waals surface area contributed by atoms with Gasteiger partial charge in [0, 0.05) is 22.9 Å². The molecule has 1 aliphatic carbocycles. The molecule has 0 atom stereocenters. The van der Waals surface area contributed by atoms with Gasteiger partial charge in [-0.1, -0.05) is 18.2 Å². The third kappa shape index (κ3) is 0.605. The van der Waals surface area contributed by atoms with Crippen LogP contribution in [0.5, 0.6) is 0 Å². The molecule has 2 aliphatic rings. The third-order valence-electron chi connectivity index (χ3n) is 2.39. The molecule has 1 heterocycles. The Morgan fingerprint density at radius 1 is 1.38 bits per heavy atom. The predicted octanol–water partition coefficient (Wildman–Crippen LogP) is 1.39. The Kier molecular flexibility index (Phi) is 0.953. The van der Waals surface area contributed by atoms with E-state index in [9.17, 15) is 4.79 Å². The van der Waals surface area contributed by atoms with Gasteiger partial charge in [0.25, 0.3) is 0 Å². The monoisotopic (exact) mass is 171 g/mol. The van der Waals surface area contributed by atoms with Crippen LogP contribution >= 0.6 is 0 Å². The molecule has 13 heavy (non-hydrogen) atoms. The SMILES string of the molecule is O=C(O)C1=C2N=Cc3cccc1c32. The first kappa shape index (κ1) is 6.60. The fourth-order valence-electron chi connectivity index (χ4n) is 1.82. The van der Waals surface area contributed by atoms with E-state index in [1.165, 1.54) is 0 Å². The molecule has 3 rings (SSSR count). The maximum absolute atomic E-state index is 10.8. The lowest BCUT2D eigenvalue weighted by molar-refractivity contribution is -0.130. The van der Waals surface area contributed by atoms with Crippen LogP contribution in [0.1, 0.15) is 16.7 Å². The summed E-state index contributed by atoms with van der Waals surface area (Å²) in [5.74, 6) is -0.890. The molecule has 0 spiro atoms. The summed E-state index contributed by atoms with van der Waals surface area (Å²) in [6, 6.07) is 5.61. The predicted molar refractivity (Wildman–Crippen MR) is 48.5 cm³/mol. The van der Waals surface area contributed by atoms with Gasteiger partial charge in [0.2, 0.25) is 0 Å². The second-order valence-electron chi connectivity index (χ2n) is 3.06. The average Bonchev–Trinajstić information content (AvgIpc) is 2.43. The normalized spacial score (nSPS) is 15.7. The van der Waals surface area contributed by atoms with Gasteiger partial charge in [-0.15, -0.1) is 0 Å². The second-order valence-corrected chi connectivity index (χ2v) is 3.06. The minimum absolute atomic E-state index is 0.352. The molecule has 3 heteroatoms. The summed E-state index contributed by atoms with van der Waals surface area (Å²) in [6.07, 6.45) is 1.71. The Hall–Kier alpha value is -1.90. The molecule has 1 aromatic carbocycles. The number of aliphatic imine (C=N–C) groups is 1.